The standard InChI is InChI=1S/C13H19FN2/c1-10-8-16(7-6-13(10)15)9-11-2-4-12(14)5-3-11/h2-5,10,13H,6-9,15H2,1H3. The zero-order chi connectivity index (χ0) is 11.5. The largest absolute Gasteiger partial charge is 0.327 e. The summed E-state index contributed by atoms with van der Waals surface area (Å²) in [6.45, 7) is 5.18. The second-order valence-electron chi connectivity index (χ2n) is 4.79. The predicted octanol–water partition coefficient (Wildman–Crippen LogP) is 1.99. The molecule has 88 valence electrons. The molecule has 1 saturated heterocycles. The molecule has 16 heavy (non-hydrogen) atoms. The Balaban J connectivity index is 1.93. The van der Waals surface area contributed by atoms with Gasteiger partial charge in [0, 0.05) is 19.1 Å². The first kappa shape index (κ1) is 11.6. The highest BCUT2D eigenvalue weighted by Crippen LogP contribution is 2.17. The van der Waals surface area contributed by atoms with E-state index in [0.717, 1.165) is 26.1 Å². The Morgan fingerprint density at radius 1 is 1.38 bits per heavy atom. The molecule has 1 fully saturated rings. The van der Waals surface area contributed by atoms with Crippen molar-refractivity contribution >= 4 is 0 Å². The molecule has 2 unspecified atom stereocenters. The maximum Gasteiger partial charge on any atom is 0.123 e. The van der Waals surface area contributed by atoms with Gasteiger partial charge in [-0.15, -0.1) is 0 Å². The van der Waals surface area contributed by atoms with E-state index in [1.54, 1.807) is 0 Å². The fraction of sp³-hybridized carbons (Fsp3) is 0.538. The Morgan fingerprint density at radius 2 is 2.06 bits per heavy atom. The van der Waals surface area contributed by atoms with Crippen molar-refractivity contribution in [2.45, 2.75) is 25.9 Å². The van der Waals surface area contributed by atoms with Crippen molar-refractivity contribution < 1.29 is 4.39 Å². The molecule has 1 heterocycles. The van der Waals surface area contributed by atoms with Crippen molar-refractivity contribution in [3.8, 4) is 0 Å². The number of nitrogens with zero attached hydrogens (tertiary/aromatic N) is 1. The van der Waals surface area contributed by atoms with Gasteiger partial charge in [0.2, 0.25) is 0 Å². The quantitative estimate of drug-likeness (QED) is 0.829. The van der Waals surface area contributed by atoms with E-state index in [0.29, 0.717) is 12.0 Å². The highest BCUT2D eigenvalue weighted by atomic mass is 19.1. The molecule has 3 heteroatoms. The Labute approximate surface area is 96.2 Å². The number of halogens is 1. The lowest BCUT2D eigenvalue weighted by Gasteiger charge is -2.35. The van der Waals surface area contributed by atoms with E-state index >= 15 is 0 Å². The number of piperidine rings is 1. The molecule has 0 amide bonds. The molecule has 2 rings (SSSR count). The minimum Gasteiger partial charge on any atom is -0.327 e. The second kappa shape index (κ2) is 4.93. The third kappa shape index (κ3) is 2.80. The van der Waals surface area contributed by atoms with Crippen molar-refractivity contribution in [1.29, 1.82) is 0 Å². The molecule has 0 aromatic heterocycles. The van der Waals surface area contributed by atoms with Crippen LogP contribution in [0.2, 0.25) is 0 Å². The zero-order valence-electron chi connectivity index (χ0n) is 9.70. The average Bonchev–Trinajstić information content (AvgIpc) is 2.27. The first-order valence-corrected chi connectivity index (χ1v) is 5.87. The van der Waals surface area contributed by atoms with Gasteiger partial charge >= 0.3 is 0 Å². The Hall–Kier alpha value is -0.930. The first-order valence-electron chi connectivity index (χ1n) is 5.87. The van der Waals surface area contributed by atoms with Crippen LogP contribution in [0.1, 0.15) is 18.9 Å². The van der Waals surface area contributed by atoms with E-state index < -0.39 is 0 Å². The summed E-state index contributed by atoms with van der Waals surface area (Å²) in [5, 5.41) is 0. The van der Waals surface area contributed by atoms with E-state index in [4.69, 9.17) is 5.73 Å². The maximum absolute atomic E-state index is 12.7. The number of hydrogen-bond acceptors (Lipinski definition) is 2. The van der Waals surface area contributed by atoms with Crippen molar-refractivity contribution in [2.75, 3.05) is 13.1 Å². The predicted molar refractivity (Wildman–Crippen MR) is 63.4 cm³/mol. The zero-order valence-corrected chi connectivity index (χ0v) is 9.70. The smallest absolute Gasteiger partial charge is 0.123 e. The fourth-order valence-electron chi connectivity index (χ4n) is 2.24. The topological polar surface area (TPSA) is 29.3 Å². The van der Waals surface area contributed by atoms with Crippen molar-refractivity contribution in [3.05, 3.63) is 35.6 Å². The molecule has 2 nitrogen and oxygen atoms in total. The van der Waals surface area contributed by atoms with Gasteiger partial charge in [0.15, 0.2) is 0 Å². The molecule has 2 atom stereocenters. The number of nitrogens with two attached hydrogens (primary N) is 1. The fourth-order valence-corrected chi connectivity index (χ4v) is 2.24. The number of likely N-dealkylation sites (tertiary alicyclic amines) is 1. The lowest BCUT2D eigenvalue weighted by atomic mass is 9.94. The molecule has 1 aromatic rings. The summed E-state index contributed by atoms with van der Waals surface area (Å²) in [5.41, 5.74) is 7.15. The normalized spacial score (nSPS) is 26.9. The van der Waals surface area contributed by atoms with Gasteiger partial charge in [-0.25, -0.2) is 4.39 Å². The Bertz CT molecular complexity index is 336. The number of hydrogen-bond donors (Lipinski definition) is 1. The van der Waals surface area contributed by atoms with Crippen molar-refractivity contribution in [3.63, 3.8) is 0 Å². The van der Waals surface area contributed by atoms with E-state index in [2.05, 4.69) is 11.8 Å². The SMILES string of the molecule is CC1CN(Cc2ccc(F)cc2)CCC1N. The first-order chi connectivity index (χ1) is 7.65. The van der Waals surface area contributed by atoms with E-state index in [9.17, 15) is 4.39 Å². The van der Waals surface area contributed by atoms with Crippen LogP contribution in [0, 0.1) is 11.7 Å². The summed E-state index contributed by atoms with van der Waals surface area (Å²) < 4.78 is 12.7. The van der Waals surface area contributed by atoms with Crippen LogP contribution in [0.3, 0.4) is 0 Å². The van der Waals surface area contributed by atoms with E-state index in [1.165, 1.54) is 17.7 Å². The van der Waals surface area contributed by atoms with Crippen LogP contribution in [0.5, 0.6) is 0 Å². The molecule has 0 bridgehead atoms. The summed E-state index contributed by atoms with van der Waals surface area (Å²) in [7, 11) is 0. The monoisotopic (exact) mass is 222 g/mol. The van der Waals surface area contributed by atoms with Gasteiger partial charge in [0.05, 0.1) is 0 Å². The minimum atomic E-state index is -0.169. The number of benzene rings is 1. The molecule has 0 aliphatic carbocycles. The summed E-state index contributed by atoms with van der Waals surface area (Å²) >= 11 is 0. The maximum atomic E-state index is 12.7. The Kier molecular flexibility index (Phi) is 3.56. The average molecular weight is 222 g/mol. The summed E-state index contributed by atoms with van der Waals surface area (Å²) in [6, 6.07) is 7.09. The van der Waals surface area contributed by atoms with Crippen LogP contribution < -0.4 is 5.73 Å². The lowest BCUT2D eigenvalue weighted by Crippen LogP contribution is -2.45. The summed E-state index contributed by atoms with van der Waals surface area (Å²) in [6.07, 6.45) is 1.06. The molecule has 0 saturated carbocycles. The van der Waals surface area contributed by atoms with Gasteiger partial charge < -0.3 is 5.73 Å². The molecule has 0 spiro atoms. The summed E-state index contributed by atoms with van der Waals surface area (Å²) in [4.78, 5) is 2.39. The van der Waals surface area contributed by atoms with Crippen LogP contribution >= 0.6 is 0 Å². The highest BCUT2D eigenvalue weighted by molar-refractivity contribution is 5.16. The van der Waals surface area contributed by atoms with Crippen molar-refractivity contribution in [2.24, 2.45) is 11.7 Å². The third-order valence-corrected chi connectivity index (χ3v) is 3.38. The van der Waals surface area contributed by atoms with Crippen LogP contribution in [-0.4, -0.2) is 24.0 Å². The van der Waals surface area contributed by atoms with Gasteiger partial charge in [0.1, 0.15) is 5.82 Å². The minimum absolute atomic E-state index is 0.169. The molecule has 1 aliphatic heterocycles. The lowest BCUT2D eigenvalue weighted by molar-refractivity contribution is 0.158. The van der Waals surface area contributed by atoms with Gasteiger partial charge in [-0.3, -0.25) is 4.90 Å². The van der Waals surface area contributed by atoms with Gasteiger partial charge in [-0.05, 0) is 36.6 Å². The van der Waals surface area contributed by atoms with Crippen LogP contribution in [-0.2, 0) is 6.54 Å². The molecule has 1 aliphatic rings. The van der Waals surface area contributed by atoms with Gasteiger partial charge in [-0.1, -0.05) is 19.1 Å². The van der Waals surface area contributed by atoms with Crippen LogP contribution in [0.15, 0.2) is 24.3 Å². The van der Waals surface area contributed by atoms with E-state index in [1.807, 2.05) is 12.1 Å². The third-order valence-electron chi connectivity index (χ3n) is 3.38. The van der Waals surface area contributed by atoms with Gasteiger partial charge in [-0.2, -0.15) is 0 Å². The molecular weight excluding hydrogens is 203 g/mol. The second-order valence-corrected chi connectivity index (χ2v) is 4.79. The molecular formula is C13H19FN2. The summed E-state index contributed by atoms with van der Waals surface area (Å²) in [5.74, 6) is 0.381. The number of rotatable bonds is 2. The van der Waals surface area contributed by atoms with Crippen LogP contribution in [0.25, 0.3) is 0 Å². The van der Waals surface area contributed by atoms with Crippen molar-refractivity contribution in [1.82, 2.24) is 4.90 Å². The molecule has 1 aromatic carbocycles. The highest BCUT2D eigenvalue weighted by Gasteiger charge is 2.22. The van der Waals surface area contributed by atoms with Gasteiger partial charge in [0.25, 0.3) is 0 Å². The van der Waals surface area contributed by atoms with Crippen LogP contribution in [0.4, 0.5) is 4.39 Å². The van der Waals surface area contributed by atoms with E-state index in [-0.39, 0.29) is 5.82 Å². The molecule has 0 radical (unpaired) electrons. The Morgan fingerprint density at radius 3 is 2.69 bits per heavy atom. The molecule has 2 N–H and O–H groups in total.